The minimum absolute atomic E-state index is 0.0456. The molecule has 154 valence electrons. The summed E-state index contributed by atoms with van der Waals surface area (Å²) in [5.41, 5.74) is 4.34. The number of rotatable bonds is 5. The highest BCUT2D eigenvalue weighted by molar-refractivity contribution is 5.92. The van der Waals surface area contributed by atoms with Crippen LogP contribution in [-0.4, -0.2) is 49.9 Å². The molecule has 30 heavy (non-hydrogen) atoms. The largest absolute Gasteiger partial charge is 0.373 e. The molecular weight excluding hydrogens is 378 g/mol. The fraction of sp³-hybridized carbons (Fsp3) is 0.348. The van der Waals surface area contributed by atoms with Crippen LogP contribution < -0.4 is 0 Å². The first-order chi connectivity index (χ1) is 14.7. The van der Waals surface area contributed by atoms with Gasteiger partial charge in [-0.25, -0.2) is 15.0 Å². The molecule has 0 radical (unpaired) electrons. The Kier molecular flexibility index (Phi) is 6.09. The van der Waals surface area contributed by atoms with Crippen molar-refractivity contribution in [2.24, 2.45) is 0 Å². The number of hydrogen-bond donors (Lipinski definition) is 0. The van der Waals surface area contributed by atoms with Crippen molar-refractivity contribution in [3.8, 4) is 11.1 Å². The van der Waals surface area contributed by atoms with Crippen molar-refractivity contribution < 1.29 is 9.53 Å². The summed E-state index contributed by atoms with van der Waals surface area (Å²) in [6, 6.07) is 8.39. The maximum atomic E-state index is 13.0. The Bertz CT molecular complexity index is 977. The van der Waals surface area contributed by atoms with Crippen molar-refractivity contribution in [2.75, 3.05) is 13.2 Å². The second-order valence-electron chi connectivity index (χ2n) is 7.42. The van der Waals surface area contributed by atoms with Gasteiger partial charge >= 0.3 is 0 Å². The van der Waals surface area contributed by atoms with E-state index in [4.69, 9.17) is 4.74 Å². The van der Waals surface area contributed by atoms with Gasteiger partial charge in [-0.3, -0.25) is 9.78 Å². The van der Waals surface area contributed by atoms with E-state index in [0.717, 1.165) is 35.2 Å². The summed E-state index contributed by atoms with van der Waals surface area (Å²) in [5, 5.41) is 0. The second kappa shape index (κ2) is 9.09. The summed E-state index contributed by atoms with van der Waals surface area (Å²) in [5.74, 6) is -0.0740. The molecule has 0 spiro atoms. The van der Waals surface area contributed by atoms with E-state index in [-0.39, 0.29) is 18.1 Å². The molecule has 1 aromatic carbocycles. The van der Waals surface area contributed by atoms with E-state index in [1.54, 1.807) is 24.8 Å². The standard InChI is InChI=1S/C23H25N5O2/c1-3-28(23(29)21-14-26-16(2)11-27-21)20-8-9-30-22(10-20)18-6-4-17(5-7-18)19-12-24-15-25-13-19/h4-7,11-15,20,22H,3,8-10H2,1-2H3/t20-,22+/m0/s1. The lowest BCUT2D eigenvalue weighted by atomic mass is 9.95. The normalized spacial score (nSPS) is 18.7. The van der Waals surface area contributed by atoms with Crippen molar-refractivity contribution in [1.29, 1.82) is 0 Å². The quantitative estimate of drug-likeness (QED) is 0.647. The summed E-state index contributed by atoms with van der Waals surface area (Å²) >= 11 is 0. The van der Waals surface area contributed by atoms with Gasteiger partial charge in [0.25, 0.3) is 5.91 Å². The topological polar surface area (TPSA) is 81.1 Å². The van der Waals surface area contributed by atoms with Crippen LogP contribution in [0.5, 0.6) is 0 Å². The average molecular weight is 403 g/mol. The highest BCUT2D eigenvalue weighted by atomic mass is 16.5. The molecule has 7 nitrogen and oxygen atoms in total. The van der Waals surface area contributed by atoms with E-state index >= 15 is 0 Å². The van der Waals surface area contributed by atoms with Crippen molar-refractivity contribution in [1.82, 2.24) is 24.8 Å². The third-order valence-corrected chi connectivity index (χ3v) is 5.48. The summed E-state index contributed by atoms with van der Waals surface area (Å²) in [6.07, 6.45) is 9.84. The first kappa shape index (κ1) is 20.1. The number of carbonyl (C=O) groups excluding carboxylic acids is 1. The average Bonchev–Trinajstić information content (AvgIpc) is 2.81. The molecule has 1 amide bonds. The molecule has 0 aliphatic carbocycles. The number of hydrogen-bond acceptors (Lipinski definition) is 6. The van der Waals surface area contributed by atoms with E-state index in [1.165, 1.54) is 6.33 Å². The molecule has 1 aliphatic rings. The maximum absolute atomic E-state index is 13.0. The Labute approximate surface area is 176 Å². The zero-order valence-corrected chi connectivity index (χ0v) is 17.2. The monoisotopic (exact) mass is 403 g/mol. The summed E-state index contributed by atoms with van der Waals surface area (Å²) < 4.78 is 6.05. The Balaban J connectivity index is 1.48. The van der Waals surface area contributed by atoms with Gasteiger partial charge in [-0.15, -0.1) is 0 Å². The number of nitrogens with zero attached hydrogens (tertiary/aromatic N) is 5. The van der Waals surface area contributed by atoms with Crippen LogP contribution in [0.3, 0.4) is 0 Å². The van der Waals surface area contributed by atoms with Crippen LogP contribution in [-0.2, 0) is 4.74 Å². The van der Waals surface area contributed by atoms with Crippen LogP contribution in [0.25, 0.3) is 11.1 Å². The van der Waals surface area contributed by atoms with Crippen LogP contribution >= 0.6 is 0 Å². The first-order valence-corrected chi connectivity index (χ1v) is 10.2. The molecule has 3 aromatic rings. The number of aromatic nitrogens is 4. The van der Waals surface area contributed by atoms with Gasteiger partial charge in [0, 0.05) is 43.3 Å². The minimum Gasteiger partial charge on any atom is -0.373 e. The summed E-state index contributed by atoms with van der Waals surface area (Å²) in [6.45, 7) is 5.10. The van der Waals surface area contributed by atoms with Gasteiger partial charge in [-0.1, -0.05) is 24.3 Å². The molecule has 0 unspecified atom stereocenters. The lowest BCUT2D eigenvalue weighted by molar-refractivity contribution is -0.0232. The predicted octanol–water partition coefficient (Wildman–Crippen LogP) is 3.62. The van der Waals surface area contributed by atoms with E-state index < -0.39 is 0 Å². The second-order valence-corrected chi connectivity index (χ2v) is 7.42. The molecule has 0 bridgehead atoms. The molecule has 2 aromatic heterocycles. The predicted molar refractivity (Wildman–Crippen MR) is 113 cm³/mol. The van der Waals surface area contributed by atoms with Gasteiger partial charge in [-0.2, -0.15) is 0 Å². The van der Waals surface area contributed by atoms with Crippen molar-refractivity contribution in [3.63, 3.8) is 0 Å². The number of aryl methyl sites for hydroxylation is 1. The number of benzene rings is 1. The highest BCUT2D eigenvalue weighted by Gasteiger charge is 2.31. The van der Waals surface area contributed by atoms with E-state index in [1.807, 2.05) is 18.7 Å². The third-order valence-electron chi connectivity index (χ3n) is 5.48. The molecule has 3 heterocycles. The minimum atomic E-state index is -0.0740. The molecule has 0 N–H and O–H groups in total. The lowest BCUT2D eigenvalue weighted by Crippen LogP contribution is -2.44. The molecule has 0 saturated carbocycles. The zero-order valence-electron chi connectivity index (χ0n) is 17.2. The molecule has 2 atom stereocenters. The van der Waals surface area contributed by atoms with E-state index in [2.05, 4.69) is 44.2 Å². The SMILES string of the molecule is CCN(C(=O)c1cnc(C)cn1)[C@H]1CCO[C@@H](c2ccc(-c3cncnc3)cc2)C1. The van der Waals surface area contributed by atoms with Crippen molar-refractivity contribution >= 4 is 5.91 Å². The van der Waals surface area contributed by atoms with Crippen LogP contribution in [0, 0.1) is 6.92 Å². The first-order valence-electron chi connectivity index (χ1n) is 10.2. The highest BCUT2D eigenvalue weighted by Crippen LogP contribution is 2.32. The Morgan fingerprint density at radius 3 is 2.50 bits per heavy atom. The third kappa shape index (κ3) is 4.36. The molecule has 1 aliphatic heterocycles. The van der Waals surface area contributed by atoms with Gasteiger partial charge in [0.2, 0.25) is 0 Å². The fourth-order valence-electron chi connectivity index (χ4n) is 3.85. The van der Waals surface area contributed by atoms with Crippen LogP contribution in [0.1, 0.15) is 47.6 Å². The Morgan fingerprint density at radius 2 is 1.83 bits per heavy atom. The van der Waals surface area contributed by atoms with E-state index in [0.29, 0.717) is 18.8 Å². The Hall–Kier alpha value is -3.19. The molecule has 1 fully saturated rings. The molecular formula is C23H25N5O2. The summed E-state index contributed by atoms with van der Waals surface area (Å²) in [4.78, 5) is 31.5. The van der Waals surface area contributed by atoms with Crippen molar-refractivity contribution in [2.45, 2.75) is 38.8 Å². The smallest absolute Gasteiger partial charge is 0.274 e. The fourth-order valence-corrected chi connectivity index (χ4v) is 3.85. The Morgan fingerprint density at radius 1 is 1.07 bits per heavy atom. The van der Waals surface area contributed by atoms with Gasteiger partial charge in [0.1, 0.15) is 12.0 Å². The summed E-state index contributed by atoms with van der Waals surface area (Å²) in [7, 11) is 0. The lowest BCUT2D eigenvalue weighted by Gasteiger charge is -2.37. The van der Waals surface area contributed by atoms with Gasteiger partial charge in [-0.05, 0) is 37.8 Å². The zero-order chi connectivity index (χ0) is 20.9. The van der Waals surface area contributed by atoms with Gasteiger partial charge in [0.15, 0.2) is 0 Å². The van der Waals surface area contributed by atoms with Crippen LogP contribution in [0.15, 0.2) is 55.4 Å². The molecule has 1 saturated heterocycles. The van der Waals surface area contributed by atoms with Gasteiger partial charge in [0.05, 0.1) is 18.0 Å². The maximum Gasteiger partial charge on any atom is 0.274 e. The molecule has 4 rings (SSSR count). The van der Waals surface area contributed by atoms with Crippen LogP contribution in [0.2, 0.25) is 0 Å². The molecule has 7 heteroatoms. The number of ether oxygens (including phenoxy) is 1. The number of carbonyl (C=O) groups is 1. The van der Waals surface area contributed by atoms with Crippen molar-refractivity contribution in [3.05, 3.63) is 72.3 Å². The van der Waals surface area contributed by atoms with Crippen LogP contribution in [0.4, 0.5) is 0 Å². The van der Waals surface area contributed by atoms with E-state index in [9.17, 15) is 4.79 Å². The number of amides is 1. The van der Waals surface area contributed by atoms with Gasteiger partial charge < -0.3 is 9.64 Å².